The number of hydrogen-bond donors (Lipinski definition) is 2. The highest BCUT2D eigenvalue weighted by Crippen LogP contribution is 2.30. The van der Waals surface area contributed by atoms with Gasteiger partial charge in [-0.15, -0.1) is 11.3 Å². The Hall–Kier alpha value is -2.65. The molecule has 9 heteroatoms. The monoisotopic (exact) mass is 457 g/mol. The Kier molecular flexibility index (Phi) is 6.15. The number of nitrogens with one attached hydrogen (secondary N) is 1. The van der Waals surface area contributed by atoms with Crippen molar-refractivity contribution in [2.45, 2.75) is 25.5 Å². The van der Waals surface area contributed by atoms with Gasteiger partial charge in [0, 0.05) is 24.6 Å². The Bertz CT molecular complexity index is 1190. The van der Waals surface area contributed by atoms with Crippen LogP contribution >= 0.6 is 23.1 Å². The molecule has 3 aromatic rings. The number of H-pyrrole nitrogens is 1. The number of aromatic amines is 1. The molecule has 0 radical (unpaired) electrons. The predicted molar refractivity (Wildman–Crippen MR) is 123 cm³/mol. The molecule has 2 N–H and O–H groups in total. The first kappa shape index (κ1) is 21.6. The van der Waals surface area contributed by atoms with Crippen LogP contribution in [0.2, 0.25) is 0 Å². The molecule has 31 heavy (non-hydrogen) atoms. The number of likely N-dealkylation sites (tertiary alicyclic amines) is 1. The molecular weight excluding hydrogens is 434 g/mol. The molecule has 1 aliphatic rings. The molecule has 0 atom stereocenters. The van der Waals surface area contributed by atoms with Crippen LogP contribution in [0.15, 0.2) is 29.1 Å². The van der Waals surface area contributed by atoms with Gasteiger partial charge in [-0.05, 0) is 55.9 Å². The van der Waals surface area contributed by atoms with Gasteiger partial charge in [0.25, 0.3) is 11.5 Å². The van der Waals surface area contributed by atoms with E-state index in [1.807, 2.05) is 6.26 Å². The number of phenols is 1. The smallest absolute Gasteiger partial charge is 0.264 e. The minimum atomic E-state index is -0.208. The molecule has 1 aliphatic heterocycles. The number of hydrogen-bond acceptors (Lipinski definition) is 7. The summed E-state index contributed by atoms with van der Waals surface area (Å²) in [5.74, 6) is 1.14. The molecule has 0 unspecified atom stereocenters. The van der Waals surface area contributed by atoms with Crippen molar-refractivity contribution >= 4 is 45.0 Å². The number of carbonyl (C=O) groups excluding carboxylic acids is 2. The summed E-state index contributed by atoms with van der Waals surface area (Å²) in [4.78, 5) is 48.6. The number of piperidine rings is 1. The fourth-order valence-corrected chi connectivity index (χ4v) is 5.53. The lowest BCUT2D eigenvalue weighted by molar-refractivity contribution is 0.0653. The third-order valence-electron chi connectivity index (χ3n) is 5.63. The van der Waals surface area contributed by atoms with Gasteiger partial charge in [-0.3, -0.25) is 14.4 Å². The van der Waals surface area contributed by atoms with Crippen molar-refractivity contribution in [3.05, 3.63) is 56.4 Å². The Morgan fingerprint density at radius 3 is 2.58 bits per heavy atom. The van der Waals surface area contributed by atoms with Gasteiger partial charge in [-0.25, -0.2) is 4.98 Å². The maximum Gasteiger partial charge on any atom is 0.264 e. The van der Waals surface area contributed by atoms with E-state index in [0.717, 1.165) is 0 Å². The third-order valence-corrected chi connectivity index (χ3v) is 7.37. The first-order chi connectivity index (χ1) is 14.9. The summed E-state index contributed by atoms with van der Waals surface area (Å²) in [6.45, 7) is 2.77. The number of thiophene rings is 1. The van der Waals surface area contributed by atoms with E-state index in [2.05, 4.69) is 9.97 Å². The van der Waals surface area contributed by atoms with E-state index in [1.165, 1.54) is 23.5 Å². The Labute approximate surface area is 187 Å². The fraction of sp³-hybridized carbons (Fsp3) is 0.364. The highest BCUT2D eigenvalue weighted by Gasteiger charge is 2.30. The minimum Gasteiger partial charge on any atom is -0.508 e. The fourth-order valence-electron chi connectivity index (χ4n) is 3.95. The number of nitrogens with zero attached hydrogens (tertiary/aromatic N) is 2. The number of ketones is 1. The molecule has 1 fully saturated rings. The van der Waals surface area contributed by atoms with Gasteiger partial charge in [0.2, 0.25) is 0 Å². The Balaban J connectivity index is 1.49. The molecule has 0 saturated carbocycles. The molecule has 162 valence electrons. The first-order valence-corrected chi connectivity index (χ1v) is 12.2. The van der Waals surface area contributed by atoms with Crippen LogP contribution in [0.1, 0.15) is 44.3 Å². The van der Waals surface area contributed by atoms with Crippen molar-refractivity contribution in [3.63, 3.8) is 0 Å². The lowest BCUT2D eigenvalue weighted by Gasteiger charge is -2.31. The normalized spacial score (nSPS) is 14.8. The van der Waals surface area contributed by atoms with E-state index >= 15 is 0 Å². The van der Waals surface area contributed by atoms with Gasteiger partial charge >= 0.3 is 0 Å². The predicted octanol–water partition coefficient (Wildman–Crippen LogP) is 3.60. The second-order valence-corrected chi connectivity index (χ2v) is 9.52. The summed E-state index contributed by atoms with van der Waals surface area (Å²) in [6.07, 6.45) is 3.12. The largest absolute Gasteiger partial charge is 0.508 e. The van der Waals surface area contributed by atoms with Crippen LogP contribution in [0, 0.1) is 12.8 Å². The molecule has 2 aromatic heterocycles. The number of benzene rings is 1. The van der Waals surface area contributed by atoms with E-state index in [0.29, 0.717) is 63.7 Å². The lowest BCUT2D eigenvalue weighted by atomic mass is 9.89. The SMILES string of the molecule is CSCc1nc2sc(C(=O)N3CCC(C(=O)c4ccc(O)cc4)CC3)c(C)c2c(=O)[nH]1. The standard InChI is InChI=1S/C22H23N3O4S2/c1-12-17-20(28)23-16(11-30-2)24-21(17)31-19(12)22(29)25-9-7-14(8-10-25)18(27)13-3-5-15(26)6-4-13/h3-6,14,26H,7-11H2,1-2H3,(H,23,24,28). The Morgan fingerprint density at radius 2 is 1.94 bits per heavy atom. The van der Waals surface area contributed by atoms with Crippen LogP contribution in [0.3, 0.4) is 0 Å². The summed E-state index contributed by atoms with van der Waals surface area (Å²) in [7, 11) is 0. The van der Waals surface area contributed by atoms with Crippen molar-refractivity contribution < 1.29 is 14.7 Å². The summed E-state index contributed by atoms with van der Waals surface area (Å²) >= 11 is 2.83. The molecular formula is C22H23N3O4S2. The maximum atomic E-state index is 13.2. The highest BCUT2D eigenvalue weighted by molar-refractivity contribution is 7.97. The second kappa shape index (κ2) is 8.84. The van der Waals surface area contributed by atoms with Gasteiger partial charge in [-0.2, -0.15) is 11.8 Å². The van der Waals surface area contributed by atoms with Gasteiger partial charge in [-0.1, -0.05) is 0 Å². The summed E-state index contributed by atoms with van der Waals surface area (Å²) < 4.78 is 0. The van der Waals surface area contributed by atoms with Crippen LogP contribution in [0.5, 0.6) is 5.75 Å². The summed E-state index contributed by atoms with van der Waals surface area (Å²) in [6, 6.07) is 6.28. The van der Waals surface area contributed by atoms with Gasteiger partial charge < -0.3 is 15.0 Å². The Morgan fingerprint density at radius 1 is 1.26 bits per heavy atom. The van der Waals surface area contributed by atoms with Crippen molar-refractivity contribution in [1.29, 1.82) is 0 Å². The lowest BCUT2D eigenvalue weighted by Crippen LogP contribution is -2.40. The zero-order chi connectivity index (χ0) is 22.1. The maximum absolute atomic E-state index is 13.2. The number of fused-ring (bicyclic) bond motifs is 1. The molecule has 1 amide bonds. The summed E-state index contributed by atoms with van der Waals surface area (Å²) in [5.41, 5.74) is 1.03. The molecule has 1 aromatic carbocycles. The molecule has 3 heterocycles. The van der Waals surface area contributed by atoms with Crippen LogP contribution in [-0.4, -0.2) is 51.0 Å². The highest BCUT2D eigenvalue weighted by atomic mass is 32.2. The van der Waals surface area contributed by atoms with E-state index in [4.69, 9.17) is 0 Å². The third kappa shape index (κ3) is 4.24. The number of aryl methyl sites for hydroxylation is 1. The zero-order valence-corrected chi connectivity index (χ0v) is 18.9. The number of aromatic hydroxyl groups is 1. The quantitative estimate of drug-likeness (QED) is 0.568. The van der Waals surface area contributed by atoms with Crippen LogP contribution < -0.4 is 5.56 Å². The van der Waals surface area contributed by atoms with Crippen molar-refractivity contribution in [3.8, 4) is 5.75 Å². The number of carbonyl (C=O) groups is 2. The van der Waals surface area contributed by atoms with Crippen LogP contribution in [-0.2, 0) is 5.75 Å². The van der Waals surface area contributed by atoms with Crippen LogP contribution in [0.25, 0.3) is 10.2 Å². The number of amides is 1. The zero-order valence-electron chi connectivity index (χ0n) is 17.3. The molecule has 0 aliphatic carbocycles. The van der Waals surface area contributed by atoms with E-state index in [9.17, 15) is 19.5 Å². The van der Waals surface area contributed by atoms with Gasteiger partial charge in [0.15, 0.2) is 5.78 Å². The van der Waals surface area contributed by atoms with Gasteiger partial charge in [0.1, 0.15) is 16.4 Å². The second-order valence-electron chi connectivity index (χ2n) is 7.66. The number of thioether (sulfide) groups is 1. The van der Waals surface area contributed by atoms with Gasteiger partial charge in [0.05, 0.1) is 16.0 Å². The minimum absolute atomic E-state index is 0.0437. The molecule has 7 nitrogen and oxygen atoms in total. The molecule has 1 saturated heterocycles. The first-order valence-electron chi connectivity index (χ1n) is 10.0. The van der Waals surface area contributed by atoms with Crippen molar-refractivity contribution in [2.24, 2.45) is 5.92 Å². The molecule has 0 bridgehead atoms. The van der Waals surface area contributed by atoms with Crippen LogP contribution in [0.4, 0.5) is 0 Å². The summed E-state index contributed by atoms with van der Waals surface area (Å²) in [5, 5.41) is 9.89. The van der Waals surface area contributed by atoms with Crippen molar-refractivity contribution in [2.75, 3.05) is 19.3 Å². The van der Waals surface area contributed by atoms with E-state index in [1.54, 1.807) is 35.7 Å². The number of rotatable bonds is 5. The average molecular weight is 458 g/mol. The molecule has 4 rings (SSSR count). The van der Waals surface area contributed by atoms with E-state index in [-0.39, 0.29) is 28.9 Å². The number of aromatic nitrogens is 2. The average Bonchev–Trinajstić information content (AvgIpc) is 3.10. The van der Waals surface area contributed by atoms with Crippen molar-refractivity contribution in [1.82, 2.24) is 14.9 Å². The topological polar surface area (TPSA) is 103 Å². The number of phenolic OH excluding ortho intramolecular Hbond substituents is 1. The number of Topliss-reactive ketones (excluding diaryl/α,β-unsaturated/α-hetero) is 1. The molecule has 0 spiro atoms. The van der Waals surface area contributed by atoms with E-state index < -0.39 is 0 Å².